The normalized spacial score (nSPS) is 9.93. The lowest BCUT2D eigenvalue weighted by atomic mass is 10.1. The molecule has 0 N–H and O–H groups in total. The third-order valence-electron chi connectivity index (χ3n) is 1.77. The summed E-state index contributed by atoms with van der Waals surface area (Å²) in [6.45, 7) is 0. The van der Waals surface area contributed by atoms with E-state index >= 15 is 0 Å². The lowest BCUT2D eigenvalue weighted by Gasteiger charge is -2.05. The molecule has 0 aromatic heterocycles. The zero-order chi connectivity index (χ0) is 10.6. The van der Waals surface area contributed by atoms with Crippen LogP contribution in [0.4, 0.5) is 0 Å². The number of ketones is 1. The standard InChI is InChI=1S/C10H10Br2O2/c1-14-10-5-7(2-3-9(10)12)4-8(13)6-11/h2-3,5H,4,6H2,1H3. The second-order valence-electron chi connectivity index (χ2n) is 2.82. The van der Waals surface area contributed by atoms with Crippen molar-refractivity contribution in [3.05, 3.63) is 28.2 Å². The van der Waals surface area contributed by atoms with Gasteiger partial charge in [-0.3, -0.25) is 4.79 Å². The van der Waals surface area contributed by atoms with Crippen LogP contribution in [-0.4, -0.2) is 18.2 Å². The van der Waals surface area contributed by atoms with Gasteiger partial charge in [-0.15, -0.1) is 0 Å². The SMILES string of the molecule is COc1cc(CC(=O)CBr)ccc1Br. The van der Waals surface area contributed by atoms with Crippen molar-refractivity contribution < 1.29 is 9.53 Å². The van der Waals surface area contributed by atoms with Crippen LogP contribution in [0.1, 0.15) is 5.56 Å². The summed E-state index contributed by atoms with van der Waals surface area (Å²) in [5.41, 5.74) is 0.967. The Hall–Kier alpha value is -0.350. The number of ether oxygens (including phenoxy) is 1. The van der Waals surface area contributed by atoms with E-state index in [1.54, 1.807) is 7.11 Å². The van der Waals surface area contributed by atoms with Gasteiger partial charge in [-0.25, -0.2) is 0 Å². The summed E-state index contributed by atoms with van der Waals surface area (Å²) >= 11 is 6.49. The van der Waals surface area contributed by atoms with Crippen molar-refractivity contribution in [3.63, 3.8) is 0 Å². The maximum atomic E-state index is 11.2. The number of Topliss-reactive ketones (excluding diaryl/α,β-unsaturated/α-hetero) is 1. The van der Waals surface area contributed by atoms with Crippen LogP contribution in [0.15, 0.2) is 22.7 Å². The predicted molar refractivity (Wildman–Crippen MR) is 63.2 cm³/mol. The topological polar surface area (TPSA) is 26.3 Å². The number of benzene rings is 1. The molecule has 14 heavy (non-hydrogen) atoms. The van der Waals surface area contributed by atoms with Gasteiger partial charge in [0, 0.05) is 6.42 Å². The van der Waals surface area contributed by atoms with Crippen LogP contribution in [0.3, 0.4) is 0 Å². The molecular weight excluding hydrogens is 312 g/mol. The third-order valence-corrected chi connectivity index (χ3v) is 3.05. The van der Waals surface area contributed by atoms with Gasteiger partial charge in [0.15, 0.2) is 0 Å². The zero-order valence-electron chi connectivity index (χ0n) is 7.72. The zero-order valence-corrected chi connectivity index (χ0v) is 10.9. The van der Waals surface area contributed by atoms with Crippen molar-refractivity contribution >= 4 is 37.6 Å². The van der Waals surface area contributed by atoms with E-state index in [-0.39, 0.29) is 5.78 Å². The van der Waals surface area contributed by atoms with Crippen LogP contribution < -0.4 is 4.74 Å². The molecule has 0 fully saturated rings. The highest BCUT2D eigenvalue weighted by Gasteiger charge is 2.05. The lowest BCUT2D eigenvalue weighted by Crippen LogP contribution is -2.03. The van der Waals surface area contributed by atoms with Gasteiger partial charge in [0.25, 0.3) is 0 Å². The minimum absolute atomic E-state index is 0.161. The molecule has 0 unspecified atom stereocenters. The van der Waals surface area contributed by atoms with Crippen molar-refractivity contribution in [2.24, 2.45) is 0 Å². The molecule has 76 valence electrons. The maximum absolute atomic E-state index is 11.2. The maximum Gasteiger partial charge on any atom is 0.147 e. The van der Waals surface area contributed by atoms with E-state index in [0.717, 1.165) is 15.8 Å². The molecule has 1 aromatic rings. The second kappa shape index (κ2) is 5.51. The Kier molecular flexibility index (Phi) is 4.62. The average Bonchev–Trinajstić information content (AvgIpc) is 2.20. The molecule has 0 aliphatic carbocycles. The van der Waals surface area contributed by atoms with Crippen molar-refractivity contribution in [1.29, 1.82) is 0 Å². The van der Waals surface area contributed by atoms with Crippen LogP contribution in [0.25, 0.3) is 0 Å². The molecule has 4 heteroatoms. The fraction of sp³-hybridized carbons (Fsp3) is 0.300. The highest BCUT2D eigenvalue weighted by molar-refractivity contribution is 9.10. The van der Waals surface area contributed by atoms with Gasteiger partial charge in [-0.2, -0.15) is 0 Å². The summed E-state index contributed by atoms with van der Waals surface area (Å²) in [5, 5.41) is 0.394. The second-order valence-corrected chi connectivity index (χ2v) is 4.23. The molecule has 1 rings (SSSR count). The Balaban J connectivity index is 2.84. The number of methoxy groups -OCH3 is 1. The first kappa shape index (κ1) is 11.7. The highest BCUT2D eigenvalue weighted by atomic mass is 79.9. The number of hydrogen-bond acceptors (Lipinski definition) is 2. The number of carbonyl (C=O) groups is 1. The molecule has 0 bridgehead atoms. The molecular formula is C10H10Br2O2. The Morgan fingerprint density at radius 2 is 2.21 bits per heavy atom. The van der Waals surface area contributed by atoms with Gasteiger partial charge in [0.2, 0.25) is 0 Å². The first-order valence-corrected chi connectivity index (χ1v) is 5.99. The van der Waals surface area contributed by atoms with E-state index < -0.39 is 0 Å². The summed E-state index contributed by atoms with van der Waals surface area (Å²) < 4.78 is 6.03. The third kappa shape index (κ3) is 3.10. The van der Waals surface area contributed by atoms with Crippen LogP contribution in [-0.2, 0) is 11.2 Å². The Bertz CT molecular complexity index is 337. The monoisotopic (exact) mass is 320 g/mol. The molecule has 0 heterocycles. The first-order valence-electron chi connectivity index (χ1n) is 4.07. The molecule has 0 aliphatic rings. The number of halogens is 2. The first-order chi connectivity index (χ1) is 6.67. The molecule has 0 radical (unpaired) electrons. The molecule has 0 atom stereocenters. The van der Waals surface area contributed by atoms with Gasteiger partial charge < -0.3 is 4.74 Å². The van der Waals surface area contributed by atoms with Gasteiger partial charge in [-0.1, -0.05) is 22.0 Å². The summed E-state index contributed by atoms with van der Waals surface area (Å²) in [7, 11) is 1.61. The summed E-state index contributed by atoms with van der Waals surface area (Å²) in [5.74, 6) is 0.916. The molecule has 0 saturated carbocycles. The average molecular weight is 322 g/mol. The Labute approximate surface area is 99.9 Å². The molecule has 0 spiro atoms. The molecule has 2 nitrogen and oxygen atoms in total. The van der Waals surface area contributed by atoms with E-state index in [1.807, 2.05) is 18.2 Å². The predicted octanol–water partition coefficient (Wildman–Crippen LogP) is 2.96. The number of hydrogen-bond donors (Lipinski definition) is 0. The van der Waals surface area contributed by atoms with Crippen molar-refractivity contribution in [2.75, 3.05) is 12.4 Å². The fourth-order valence-electron chi connectivity index (χ4n) is 1.09. The van der Waals surface area contributed by atoms with Gasteiger partial charge in [0.1, 0.15) is 11.5 Å². The van der Waals surface area contributed by atoms with E-state index in [4.69, 9.17) is 4.74 Å². The number of alkyl halides is 1. The highest BCUT2D eigenvalue weighted by Crippen LogP contribution is 2.25. The fourth-order valence-corrected chi connectivity index (χ4v) is 1.70. The largest absolute Gasteiger partial charge is 0.496 e. The van der Waals surface area contributed by atoms with Crippen molar-refractivity contribution in [3.8, 4) is 5.75 Å². The van der Waals surface area contributed by atoms with E-state index in [0.29, 0.717) is 11.8 Å². The van der Waals surface area contributed by atoms with Gasteiger partial charge in [0.05, 0.1) is 16.9 Å². The van der Waals surface area contributed by atoms with E-state index in [2.05, 4.69) is 31.9 Å². The number of carbonyl (C=O) groups excluding carboxylic acids is 1. The van der Waals surface area contributed by atoms with Crippen LogP contribution in [0.2, 0.25) is 0 Å². The molecule has 0 aliphatic heterocycles. The smallest absolute Gasteiger partial charge is 0.147 e. The van der Waals surface area contributed by atoms with Gasteiger partial charge >= 0.3 is 0 Å². The number of rotatable bonds is 4. The summed E-state index contributed by atoms with van der Waals surface area (Å²) in [4.78, 5) is 11.2. The summed E-state index contributed by atoms with van der Waals surface area (Å²) in [6.07, 6.45) is 0.439. The quantitative estimate of drug-likeness (QED) is 0.797. The molecule has 0 amide bonds. The molecule has 0 saturated heterocycles. The van der Waals surface area contributed by atoms with E-state index in [1.165, 1.54) is 0 Å². The summed E-state index contributed by atoms with van der Waals surface area (Å²) in [6, 6.07) is 5.66. The van der Waals surface area contributed by atoms with E-state index in [9.17, 15) is 4.79 Å². The molecule has 1 aromatic carbocycles. The van der Waals surface area contributed by atoms with Crippen LogP contribution >= 0.6 is 31.9 Å². The Morgan fingerprint density at radius 3 is 2.79 bits per heavy atom. The van der Waals surface area contributed by atoms with Crippen molar-refractivity contribution in [1.82, 2.24) is 0 Å². The minimum Gasteiger partial charge on any atom is -0.496 e. The van der Waals surface area contributed by atoms with Gasteiger partial charge in [-0.05, 0) is 33.6 Å². The Morgan fingerprint density at radius 1 is 1.50 bits per heavy atom. The van der Waals surface area contributed by atoms with Crippen LogP contribution in [0.5, 0.6) is 5.75 Å². The minimum atomic E-state index is 0.161. The lowest BCUT2D eigenvalue weighted by molar-refractivity contribution is -0.115. The van der Waals surface area contributed by atoms with Crippen molar-refractivity contribution in [2.45, 2.75) is 6.42 Å². The van der Waals surface area contributed by atoms with Crippen LogP contribution in [0, 0.1) is 0 Å².